The van der Waals surface area contributed by atoms with E-state index in [-0.39, 0.29) is 0 Å². The topological polar surface area (TPSA) is 116 Å². The number of hydrogen-bond acceptors (Lipinski definition) is 7. The van der Waals surface area contributed by atoms with Gasteiger partial charge in [-0.3, -0.25) is 4.79 Å². The lowest BCUT2D eigenvalue weighted by molar-refractivity contribution is -0.293. The van der Waals surface area contributed by atoms with Crippen molar-refractivity contribution in [2.24, 2.45) is 0 Å². The Labute approximate surface area is 127 Å². The first-order valence-electron chi connectivity index (χ1n) is 7.01. The van der Waals surface area contributed by atoms with Crippen molar-refractivity contribution in [2.75, 3.05) is 6.61 Å². The van der Waals surface area contributed by atoms with E-state index in [0.29, 0.717) is 0 Å². The Balaban J connectivity index is 2.04. The SMILES string of the molecule is C[C@H](C(=O)O[C@@H]1O[C@H](CO)[C@@H](O)[C@H](O)[C@H]1O)c1ccccc1. The zero-order valence-corrected chi connectivity index (χ0v) is 12.1. The monoisotopic (exact) mass is 312 g/mol. The maximum atomic E-state index is 12.1. The second-order valence-electron chi connectivity index (χ2n) is 5.27. The fourth-order valence-corrected chi connectivity index (χ4v) is 2.26. The van der Waals surface area contributed by atoms with E-state index in [0.717, 1.165) is 5.56 Å². The first kappa shape index (κ1) is 16.9. The third kappa shape index (κ3) is 3.45. The predicted octanol–water partition coefficient (Wildman–Crippen LogP) is -0.867. The van der Waals surface area contributed by atoms with E-state index in [4.69, 9.17) is 14.6 Å². The molecule has 0 aromatic heterocycles. The lowest BCUT2D eigenvalue weighted by Crippen LogP contribution is -2.59. The Bertz CT molecular complexity index is 490. The molecule has 1 fully saturated rings. The average Bonchev–Trinajstić information content (AvgIpc) is 2.55. The zero-order chi connectivity index (χ0) is 16.3. The van der Waals surface area contributed by atoms with E-state index >= 15 is 0 Å². The van der Waals surface area contributed by atoms with Crippen LogP contribution in [0.25, 0.3) is 0 Å². The molecular formula is C15H20O7. The number of ether oxygens (including phenoxy) is 2. The number of hydrogen-bond donors (Lipinski definition) is 4. The Morgan fingerprint density at radius 2 is 1.82 bits per heavy atom. The minimum absolute atomic E-state index is 0.576. The molecule has 0 amide bonds. The van der Waals surface area contributed by atoms with Gasteiger partial charge in [0.05, 0.1) is 12.5 Å². The Kier molecular flexibility index (Phi) is 5.49. The minimum Gasteiger partial charge on any atom is -0.432 e. The van der Waals surface area contributed by atoms with Gasteiger partial charge in [0.15, 0.2) is 0 Å². The fourth-order valence-electron chi connectivity index (χ4n) is 2.26. The minimum atomic E-state index is -1.59. The summed E-state index contributed by atoms with van der Waals surface area (Å²) >= 11 is 0. The van der Waals surface area contributed by atoms with Crippen LogP contribution in [0.3, 0.4) is 0 Å². The van der Waals surface area contributed by atoms with Gasteiger partial charge in [0.1, 0.15) is 24.4 Å². The molecule has 1 aliphatic heterocycles. The largest absolute Gasteiger partial charge is 0.432 e. The quantitative estimate of drug-likeness (QED) is 0.534. The van der Waals surface area contributed by atoms with Crippen molar-refractivity contribution in [3.05, 3.63) is 35.9 Å². The number of aliphatic hydroxyl groups excluding tert-OH is 4. The molecule has 1 aromatic carbocycles. The molecule has 7 nitrogen and oxygen atoms in total. The highest BCUT2D eigenvalue weighted by molar-refractivity contribution is 5.77. The molecule has 1 heterocycles. The summed E-state index contributed by atoms with van der Waals surface area (Å²) in [5, 5.41) is 38.2. The molecule has 122 valence electrons. The number of aliphatic hydroxyl groups is 4. The summed E-state index contributed by atoms with van der Waals surface area (Å²) in [7, 11) is 0. The van der Waals surface area contributed by atoms with Crippen LogP contribution in [0.5, 0.6) is 0 Å². The van der Waals surface area contributed by atoms with Gasteiger partial charge >= 0.3 is 5.97 Å². The van der Waals surface area contributed by atoms with Gasteiger partial charge in [0.2, 0.25) is 6.29 Å². The van der Waals surface area contributed by atoms with E-state index in [2.05, 4.69) is 0 Å². The molecular weight excluding hydrogens is 292 g/mol. The van der Waals surface area contributed by atoms with Gasteiger partial charge in [-0.1, -0.05) is 30.3 Å². The molecule has 4 N–H and O–H groups in total. The fraction of sp³-hybridized carbons (Fsp3) is 0.533. The van der Waals surface area contributed by atoms with Crippen molar-refractivity contribution >= 4 is 5.97 Å². The third-order valence-corrected chi connectivity index (χ3v) is 3.73. The van der Waals surface area contributed by atoms with Crippen LogP contribution in [0.2, 0.25) is 0 Å². The highest BCUT2D eigenvalue weighted by Gasteiger charge is 2.45. The highest BCUT2D eigenvalue weighted by atomic mass is 16.7. The molecule has 0 aliphatic carbocycles. The summed E-state index contributed by atoms with van der Waals surface area (Å²) in [6, 6.07) is 8.91. The number of benzene rings is 1. The molecule has 7 heteroatoms. The first-order valence-corrected chi connectivity index (χ1v) is 7.01. The maximum absolute atomic E-state index is 12.1. The van der Waals surface area contributed by atoms with Gasteiger partial charge in [-0.25, -0.2) is 0 Å². The summed E-state index contributed by atoms with van der Waals surface area (Å²) in [6.45, 7) is 1.06. The van der Waals surface area contributed by atoms with Crippen LogP contribution >= 0.6 is 0 Å². The Morgan fingerprint density at radius 1 is 1.18 bits per heavy atom. The molecule has 0 unspecified atom stereocenters. The number of esters is 1. The molecule has 0 bridgehead atoms. The Hall–Kier alpha value is -1.51. The van der Waals surface area contributed by atoms with Gasteiger partial charge in [-0.05, 0) is 12.5 Å². The lowest BCUT2D eigenvalue weighted by atomic mass is 9.99. The van der Waals surface area contributed by atoms with E-state index < -0.39 is 49.2 Å². The second-order valence-corrected chi connectivity index (χ2v) is 5.27. The maximum Gasteiger partial charge on any atom is 0.315 e. The van der Waals surface area contributed by atoms with Crippen LogP contribution in [-0.4, -0.2) is 63.7 Å². The van der Waals surface area contributed by atoms with Crippen LogP contribution in [-0.2, 0) is 14.3 Å². The Morgan fingerprint density at radius 3 is 2.41 bits per heavy atom. The van der Waals surface area contributed by atoms with Gasteiger partial charge in [-0.15, -0.1) is 0 Å². The summed E-state index contributed by atoms with van der Waals surface area (Å²) < 4.78 is 10.2. The van der Waals surface area contributed by atoms with Crippen molar-refractivity contribution < 1.29 is 34.7 Å². The van der Waals surface area contributed by atoms with Gasteiger partial charge in [0.25, 0.3) is 0 Å². The smallest absolute Gasteiger partial charge is 0.315 e. The average molecular weight is 312 g/mol. The zero-order valence-electron chi connectivity index (χ0n) is 12.1. The number of carbonyl (C=O) groups excluding carboxylic acids is 1. The summed E-state index contributed by atoms with van der Waals surface area (Å²) in [5.74, 6) is -1.23. The third-order valence-electron chi connectivity index (χ3n) is 3.73. The predicted molar refractivity (Wildman–Crippen MR) is 74.7 cm³/mol. The molecule has 6 atom stereocenters. The molecule has 0 spiro atoms. The van der Waals surface area contributed by atoms with Crippen molar-refractivity contribution in [2.45, 2.75) is 43.5 Å². The second kappa shape index (κ2) is 7.17. The normalized spacial score (nSPS) is 33.2. The van der Waals surface area contributed by atoms with Crippen LogP contribution in [0.15, 0.2) is 30.3 Å². The molecule has 2 rings (SSSR count). The van der Waals surface area contributed by atoms with Crippen molar-refractivity contribution in [1.82, 2.24) is 0 Å². The van der Waals surface area contributed by atoms with E-state index in [1.165, 1.54) is 0 Å². The molecule has 22 heavy (non-hydrogen) atoms. The van der Waals surface area contributed by atoms with Crippen LogP contribution in [0.4, 0.5) is 0 Å². The van der Waals surface area contributed by atoms with Gasteiger partial charge < -0.3 is 29.9 Å². The van der Waals surface area contributed by atoms with Gasteiger partial charge in [0, 0.05) is 0 Å². The standard InChI is InChI=1S/C15H20O7/c1-8(9-5-3-2-4-6-9)14(20)22-15-13(19)12(18)11(17)10(7-16)21-15/h2-6,8,10-13,15-19H,7H2,1H3/t8-,10+,11+,12-,13+,15-/m0/s1. The van der Waals surface area contributed by atoms with Crippen LogP contribution < -0.4 is 0 Å². The van der Waals surface area contributed by atoms with E-state index in [1.807, 2.05) is 6.07 Å². The summed E-state index contributed by atoms with van der Waals surface area (Å²) in [5.41, 5.74) is 0.733. The lowest BCUT2D eigenvalue weighted by Gasteiger charge is -2.39. The summed E-state index contributed by atoms with van der Waals surface area (Å²) in [4.78, 5) is 12.1. The van der Waals surface area contributed by atoms with Crippen molar-refractivity contribution in [3.63, 3.8) is 0 Å². The van der Waals surface area contributed by atoms with Crippen molar-refractivity contribution in [3.8, 4) is 0 Å². The van der Waals surface area contributed by atoms with E-state index in [9.17, 15) is 20.1 Å². The number of rotatable bonds is 4. The summed E-state index contributed by atoms with van der Waals surface area (Å²) in [6.07, 6.45) is -7.21. The highest BCUT2D eigenvalue weighted by Crippen LogP contribution is 2.24. The first-order chi connectivity index (χ1) is 10.5. The molecule has 0 saturated carbocycles. The van der Waals surface area contributed by atoms with Crippen molar-refractivity contribution in [1.29, 1.82) is 0 Å². The van der Waals surface area contributed by atoms with Gasteiger partial charge in [-0.2, -0.15) is 0 Å². The molecule has 0 radical (unpaired) electrons. The molecule has 1 aromatic rings. The molecule has 1 saturated heterocycles. The van der Waals surface area contributed by atoms with E-state index in [1.54, 1.807) is 31.2 Å². The van der Waals surface area contributed by atoms with Crippen LogP contribution in [0.1, 0.15) is 18.4 Å². The van der Waals surface area contributed by atoms with Crippen LogP contribution in [0, 0.1) is 0 Å². The number of carbonyl (C=O) groups is 1. The molecule has 1 aliphatic rings.